The molecule has 12 heavy (non-hydrogen) atoms. The van der Waals surface area contributed by atoms with E-state index in [-0.39, 0.29) is 5.02 Å². The van der Waals surface area contributed by atoms with Crippen LogP contribution in [0.2, 0.25) is 15.1 Å². The average molecular weight is 223 g/mol. The third-order valence-corrected chi connectivity index (χ3v) is 2.91. The summed E-state index contributed by atoms with van der Waals surface area (Å²) in [6, 6.07) is 1.50. The topological polar surface area (TPSA) is 17.1 Å². The Hall–Kier alpha value is -0.240. The van der Waals surface area contributed by atoms with Crippen molar-refractivity contribution in [2.75, 3.05) is 0 Å². The average Bonchev–Trinajstić information content (AvgIpc) is 2.08. The lowest BCUT2D eigenvalue weighted by atomic mass is 10.1. The molecule has 0 radical (unpaired) electrons. The van der Waals surface area contributed by atoms with Crippen LogP contribution in [0.15, 0.2) is 6.07 Å². The largest absolute Gasteiger partial charge is 0.298 e. The molecule has 0 amide bonds. The second kappa shape index (κ2) is 3.65. The van der Waals surface area contributed by atoms with Gasteiger partial charge >= 0.3 is 0 Å². The van der Waals surface area contributed by atoms with Gasteiger partial charge < -0.3 is 0 Å². The second-order valence-electron chi connectivity index (χ2n) is 2.32. The summed E-state index contributed by atoms with van der Waals surface area (Å²) in [5, 5.41) is 1.05. The Morgan fingerprint density at radius 1 is 1.25 bits per heavy atom. The zero-order valence-electron chi connectivity index (χ0n) is 6.20. The molecule has 0 saturated heterocycles. The lowest BCUT2D eigenvalue weighted by molar-refractivity contribution is 0.112. The molecule has 1 aromatic rings. The Morgan fingerprint density at radius 2 is 1.83 bits per heavy atom. The fourth-order valence-electron chi connectivity index (χ4n) is 0.790. The minimum atomic E-state index is 0.258. The number of aldehydes is 1. The van der Waals surface area contributed by atoms with E-state index in [1.807, 2.05) is 0 Å². The predicted octanol–water partition coefficient (Wildman–Crippen LogP) is 3.77. The van der Waals surface area contributed by atoms with Gasteiger partial charge in [0, 0.05) is 10.6 Å². The Labute approximate surface area is 85.2 Å². The number of hydrogen-bond donors (Lipinski definition) is 0. The smallest absolute Gasteiger partial charge is 0.151 e. The maximum absolute atomic E-state index is 10.4. The third kappa shape index (κ3) is 1.58. The summed E-state index contributed by atoms with van der Waals surface area (Å²) in [5.74, 6) is 0. The van der Waals surface area contributed by atoms with E-state index in [0.717, 1.165) is 0 Å². The highest BCUT2D eigenvalue weighted by Crippen LogP contribution is 2.33. The summed E-state index contributed by atoms with van der Waals surface area (Å²) in [6.07, 6.45) is 0.625. The van der Waals surface area contributed by atoms with Crippen molar-refractivity contribution in [3.63, 3.8) is 0 Å². The van der Waals surface area contributed by atoms with Gasteiger partial charge in [-0.2, -0.15) is 0 Å². The first-order valence-electron chi connectivity index (χ1n) is 3.17. The van der Waals surface area contributed by atoms with Crippen LogP contribution in [0.3, 0.4) is 0 Å². The Kier molecular flexibility index (Phi) is 2.99. The van der Waals surface area contributed by atoms with E-state index in [1.165, 1.54) is 6.07 Å². The van der Waals surface area contributed by atoms with Crippen molar-refractivity contribution in [2.45, 2.75) is 6.92 Å². The lowest BCUT2D eigenvalue weighted by Crippen LogP contribution is -1.87. The predicted molar refractivity (Wildman–Crippen MR) is 51.6 cm³/mol. The van der Waals surface area contributed by atoms with Crippen LogP contribution in [0.1, 0.15) is 15.9 Å². The molecule has 0 spiro atoms. The zero-order valence-corrected chi connectivity index (χ0v) is 8.46. The second-order valence-corrected chi connectivity index (χ2v) is 3.48. The first-order valence-corrected chi connectivity index (χ1v) is 4.30. The molecule has 0 heterocycles. The molecule has 1 nitrogen and oxygen atoms in total. The van der Waals surface area contributed by atoms with Crippen molar-refractivity contribution >= 4 is 41.1 Å². The Bertz CT molecular complexity index is 334. The molecule has 0 fully saturated rings. The Morgan fingerprint density at radius 3 is 2.33 bits per heavy atom. The normalized spacial score (nSPS) is 10.0. The van der Waals surface area contributed by atoms with Crippen molar-refractivity contribution < 1.29 is 4.79 Å². The van der Waals surface area contributed by atoms with Gasteiger partial charge in [-0.3, -0.25) is 4.79 Å². The molecule has 0 N–H and O–H groups in total. The maximum Gasteiger partial charge on any atom is 0.151 e. The summed E-state index contributed by atoms with van der Waals surface area (Å²) in [5.41, 5.74) is 1.01. The van der Waals surface area contributed by atoms with Crippen LogP contribution in [0, 0.1) is 6.92 Å². The number of rotatable bonds is 1. The molecule has 0 aromatic heterocycles. The summed E-state index contributed by atoms with van der Waals surface area (Å²) >= 11 is 17.3. The highest BCUT2D eigenvalue weighted by Gasteiger charge is 2.10. The Balaban J connectivity index is 3.49. The highest BCUT2D eigenvalue weighted by atomic mass is 35.5. The van der Waals surface area contributed by atoms with Crippen molar-refractivity contribution in [3.05, 3.63) is 32.3 Å². The number of halogens is 3. The van der Waals surface area contributed by atoms with Crippen LogP contribution in [0.5, 0.6) is 0 Å². The monoisotopic (exact) mass is 222 g/mol. The van der Waals surface area contributed by atoms with Crippen LogP contribution >= 0.6 is 34.8 Å². The van der Waals surface area contributed by atoms with Crippen LogP contribution in [-0.2, 0) is 0 Å². The molecule has 64 valence electrons. The minimum Gasteiger partial charge on any atom is -0.298 e. The molecule has 1 rings (SSSR count). The molecule has 1 aromatic carbocycles. The molecular weight excluding hydrogens is 218 g/mol. The molecule has 0 aliphatic rings. The third-order valence-electron chi connectivity index (χ3n) is 1.54. The van der Waals surface area contributed by atoms with Crippen LogP contribution in [0.25, 0.3) is 0 Å². The highest BCUT2D eigenvalue weighted by molar-refractivity contribution is 6.45. The summed E-state index contributed by atoms with van der Waals surface area (Å²) in [6.45, 7) is 1.74. The van der Waals surface area contributed by atoms with Crippen molar-refractivity contribution in [2.24, 2.45) is 0 Å². The number of carbonyl (C=O) groups excluding carboxylic acids is 1. The molecule has 0 saturated carbocycles. The fraction of sp³-hybridized carbons (Fsp3) is 0.125. The van der Waals surface area contributed by atoms with Crippen molar-refractivity contribution in [1.82, 2.24) is 0 Å². The molecular formula is C8H5Cl3O. The van der Waals surface area contributed by atoms with E-state index in [1.54, 1.807) is 6.92 Å². The van der Waals surface area contributed by atoms with E-state index < -0.39 is 0 Å². The van der Waals surface area contributed by atoms with Gasteiger partial charge in [-0.05, 0) is 18.6 Å². The minimum absolute atomic E-state index is 0.258. The quantitative estimate of drug-likeness (QED) is 0.523. The molecule has 0 unspecified atom stereocenters. The van der Waals surface area contributed by atoms with Crippen molar-refractivity contribution in [1.29, 1.82) is 0 Å². The van der Waals surface area contributed by atoms with Gasteiger partial charge in [0.25, 0.3) is 0 Å². The lowest BCUT2D eigenvalue weighted by Gasteiger charge is -2.04. The SMILES string of the molecule is Cc1c(Cl)cc(C=O)c(Cl)c1Cl. The fourth-order valence-corrected chi connectivity index (χ4v) is 1.50. The standard InChI is InChI=1S/C8H5Cl3O/c1-4-6(9)2-5(3-12)8(11)7(4)10/h2-3H,1H3. The van der Waals surface area contributed by atoms with Gasteiger partial charge in [-0.15, -0.1) is 0 Å². The van der Waals surface area contributed by atoms with Gasteiger partial charge in [-0.25, -0.2) is 0 Å². The number of benzene rings is 1. The molecule has 0 atom stereocenters. The van der Waals surface area contributed by atoms with E-state index in [2.05, 4.69) is 0 Å². The van der Waals surface area contributed by atoms with Gasteiger partial charge in [0.05, 0.1) is 10.0 Å². The molecule has 4 heteroatoms. The first-order chi connectivity index (χ1) is 5.57. The molecule has 0 aliphatic carbocycles. The number of hydrogen-bond acceptors (Lipinski definition) is 1. The maximum atomic E-state index is 10.4. The van der Waals surface area contributed by atoms with Crippen LogP contribution < -0.4 is 0 Å². The van der Waals surface area contributed by atoms with Gasteiger partial charge in [0.1, 0.15) is 0 Å². The van der Waals surface area contributed by atoms with E-state index >= 15 is 0 Å². The van der Waals surface area contributed by atoms with E-state index in [4.69, 9.17) is 34.8 Å². The first kappa shape index (κ1) is 9.85. The van der Waals surface area contributed by atoms with Gasteiger partial charge in [0.2, 0.25) is 0 Å². The summed E-state index contributed by atoms with van der Waals surface area (Å²) in [7, 11) is 0. The zero-order chi connectivity index (χ0) is 9.30. The molecule has 0 aliphatic heterocycles. The van der Waals surface area contributed by atoms with Crippen molar-refractivity contribution in [3.8, 4) is 0 Å². The van der Waals surface area contributed by atoms with Gasteiger partial charge in [-0.1, -0.05) is 34.8 Å². The van der Waals surface area contributed by atoms with Crippen LogP contribution in [-0.4, -0.2) is 6.29 Å². The number of carbonyl (C=O) groups is 1. The van der Waals surface area contributed by atoms with Crippen LogP contribution in [0.4, 0.5) is 0 Å². The summed E-state index contributed by atoms with van der Waals surface area (Å²) in [4.78, 5) is 10.4. The summed E-state index contributed by atoms with van der Waals surface area (Å²) < 4.78 is 0. The van der Waals surface area contributed by atoms with E-state index in [9.17, 15) is 4.79 Å². The van der Waals surface area contributed by atoms with E-state index in [0.29, 0.717) is 27.5 Å². The van der Waals surface area contributed by atoms with Gasteiger partial charge in [0.15, 0.2) is 6.29 Å². The molecule has 0 bridgehead atoms.